The van der Waals surface area contributed by atoms with Crippen molar-refractivity contribution < 1.29 is 4.79 Å². The number of nitrogens with zero attached hydrogens (tertiary/aromatic N) is 4. The minimum absolute atomic E-state index is 0.314. The maximum atomic E-state index is 12.3. The molecule has 1 aromatic heterocycles. The molecule has 0 saturated heterocycles. The molecule has 3 saturated carbocycles. The van der Waals surface area contributed by atoms with E-state index in [1.165, 1.54) is 25.7 Å². The van der Waals surface area contributed by atoms with Gasteiger partial charge in [-0.05, 0) is 107 Å². The molecule has 3 fully saturated rings. The van der Waals surface area contributed by atoms with Crippen LogP contribution in [0.3, 0.4) is 0 Å². The monoisotopic (exact) mass is 638 g/mol. The van der Waals surface area contributed by atoms with Gasteiger partial charge >= 0.3 is 0 Å². The summed E-state index contributed by atoms with van der Waals surface area (Å²) in [6.45, 7) is 7.63. The summed E-state index contributed by atoms with van der Waals surface area (Å²) >= 11 is 0. The molecule has 3 aromatic carbocycles. The quantitative estimate of drug-likeness (QED) is 0.143. The molecule has 48 heavy (non-hydrogen) atoms. The molecule has 1 heterocycles. The Morgan fingerprint density at radius 1 is 0.812 bits per heavy atom. The maximum Gasteiger partial charge on any atom is 0.174 e. The minimum atomic E-state index is -0.736. The molecule has 0 radical (unpaired) electrons. The van der Waals surface area contributed by atoms with Crippen LogP contribution in [0.25, 0.3) is 0 Å². The van der Waals surface area contributed by atoms with E-state index in [-0.39, 0.29) is 0 Å². The molecule has 0 bridgehead atoms. The smallest absolute Gasteiger partial charge is 0.174 e. The van der Waals surface area contributed by atoms with Crippen molar-refractivity contribution in [1.82, 2.24) is 20.2 Å². The summed E-state index contributed by atoms with van der Waals surface area (Å²) in [5.74, 6) is 4.53. The third kappa shape index (κ3) is 4.94. The van der Waals surface area contributed by atoms with Gasteiger partial charge in [-0.25, -0.2) is 0 Å². The molecule has 0 spiro atoms. The fourth-order valence-corrected chi connectivity index (χ4v) is 11.2. The van der Waals surface area contributed by atoms with E-state index in [1.807, 2.05) is 4.80 Å². The lowest BCUT2D eigenvalue weighted by Crippen LogP contribution is -2.49. The largest absolute Gasteiger partial charge is 0.300 e. The predicted octanol–water partition coefficient (Wildman–Crippen LogP) is 9.23. The zero-order chi connectivity index (χ0) is 32.9. The van der Waals surface area contributed by atoms with Gasteiger partial charge in [-0.1, -0.05) is 123 Å². The Morgan fingerprint density at radius 2 is 1.42 bits per heavy atom. The SMILES string of the molecule is C[C@H](CCc1nnn(C(c2ccccc2)(c2ccccc2)c2ccccc2)n1)[C@H]1CC[C@H]2C3=CC[C@H]4CC(=O)CC[C@]4(C)C3CC[C@]12C. The van der Waals surface area contributed by atoms with Crippen LogP contribution in [-0.4, -0.2) is 26.0 Å². The van der Waals surface area contributed by atoms with Crippen molar-refractivity contribution in [2.45, 2.75) is 90.5 Å². The molecule has 0 N–H and O–H groups in total. The highest BCUT2D eigenvalue weighted by molar-refractivity contribution is 5.79. The van der Waals surface area contributed by atoms with Gasteiger partial charge in [-0.3, -0.25) is 4.79 Å². The van der Waals surface area contributed by atoms with Crippen molar-refractivity contribution in [2.24, 2.45) is 40.4 Å². The van der Waals surface area contributed by atoms with Gasteiger partial charge in [-0.15, -0.1) is 15.0 Å². The molecule has 248 valence electrons. The number of ketones is 1. The number of hydrogen-bond donors (Lipinski definition) is 0. The fourth-order valence-electron chi connectivity index (χ4n) is 11.2. The minimum Gasteiger partial charge on any atom is -0.300 e. The van der Waals surface area contributed by atoms with Gasteiger partial charge in [-0.2, -0.15) is 0 Å². The molecule has 4 aliphatic carbocycles. The molecule has 5 nitrogen and oxygen atoms in total. The molecule has 4 aliphatic rings. The number of carbonyl (C=O) groups is 1. The molecular weight excluding hydrogens is 589 g/mol. The highest BCUT2D eigenvalue weighted by Crippen LogP contribution is 2.66. The first-order valence-corrected chi connectivity index (χ1v) is 18.5. The van der Waals surface area contributed by atoms with Crippen LogP contribution in [0.15, 0.2) is 103 Å². The van der Waals surface area contributed by atoms with Crippen molar-refractivity contribution in [3.63, 3.8) is 0 Å². The lowest BCUT2D eigenvalue weighted by Gasteiger charge is -2.57. The lowest BCUT2D eigenvalue weighted by molar-refractivity contribution is -0.127. The Hall–Kier alpha value is -3.86. The van der Waals surface area contributed by atoms with Gasteiger partial charge in [0.15, 0.2) is 11.4 Å². The van der Waals surface area contributed by atoms with Crippen molar-refractivity contribution in [2.75, 3.05) is 0 Å². The van der Waals surface area contributed by atoms with Gasteiger partial charge in [0.1, 0.15) is 5.78 Å². The van der Waals surface area contributed by atoms with Gasteiger partial charge < -0.3 is 0 Å². The first-order chi connectivity index (χ1) is 23.3. The van der Waals surface area contributed by atoms with Crippen LogP contribution < -0.4 is 0 Å². The van der Waals surface area contributed by atoms with Gasteiger partial charge in [0.25, 0.3) is 0 Å². The number of hydrogen-bond acceptors (Lipinski definition) is 4. The summed E-state index contributed by atoms with van der Waals surface area (Å²) in [6.07, 6.45) is 13.5. The number of rotatable bonds is 8. The molecule has 0 aliphatic heterocycles. The molecule has 5 heteroatoms. The number of fused-ring (bicyclic) bond motifs is 5. The van der Waals surface area contributed by atoms with Crippen molar-refractivity contribution in [1.29, 1.82) is 0 Å². The van der Waals surface area contributed by atoms with E-state index in [9.17, 15) is 4.79 Å². The van der Waals surface area contributed by atoms with E-state index in [0.29, 0.717) is 46.2 Å². The molecule has 8 rings (SSSR count). The normalized spacial score (nSPS) is 30.6. The predicted molar refractivity (Wildman–Crippen MR) is 190 cm³/mol. The van der Waals surface area contributed by atoms with E-state index < -0.39 is 5.54 Å². The summed E-state index contributed by atoms with van der Waals surface area (Å²) in [7, 11) is 0. The Morgan fingerprint density at radius 3 is 2.04 bits per heavy atom. The van der Waals surface area contributed by atoms with Crippen molar-refractivity contribution in [3.8, 4) is 0 Å². The molecule has 4 aromatic rings. The van der Waals surface area contributed by atoms with E-state index >= 15 is 0 Å². The van der Waals surface area contributed by atoms with E-state index in [1.54, 1.807) is 5.57 Å². The third-order valence-corrected chi connectivity index (χ3v) is 13.8. The first kappa shape index (κ1) is 31.4. The summed E-state index contributed by atoms with van der Waals surface area (Å²) in [4.78, 5) is 14.2. The number of aromatic nitrogens is 4. The number of Topliss-reactive ketones (excluding diaryl/α,β-unsaturated/α-hetero) is 1. The van der Waals surface area contributed by atoms with Crippen LogP contribution in [0.1, 0.15) is 101 Å². The lowest BCUT2D eigenvalue weighted by atomic mass is 9.47. The summed E-state index contributed by atoms with van der Waals surface area (Å²) in [6, 6.07) is 31.8. The zero-order valence-electron chi connectivity index (χ0n) is 28.9. The van der Waals surface area contributed by atoms with E-state index in [2.05, 4.69) is 118 Å². The van der Waals surface area contributed by atoms with Gasteiger partial charge in [0, 0.05) is 19.3 Å². The topological polar surface area (TPSA) is 60.7 Å². The zero-order valence-corrected chi connectivity index (χ0v) is 28.9. The van der Waals surface area contributed by atoms with Crippen LogP contribution in [0.4, 0.5) is 0 Å². The fraction of sp³-hybridized carbons (Fsp3) is 0.488. The average molecular weight is 639 g/mol. The molecule has 0 amide bonds. The average Bonchev–Trinajstić information content (AvgIpc) is 3.74. The standard InChI is InChI=1S/C43H50N4O/c1-30(37-22-23-38-36-21-20-34-29-35(48)25-27-41(34,2)39(36)26-28-42(37,38)3)19-24-40-44-46-47(45-40)43(31-13-7-4-8-14-31,32-15-9-5-10-16-32)33-17-11-6-12-18-33/h4-18,21,30,34,37-39H,19-20,22-29H2,1-3H3/t30-,34+,37-,38+,39?,41+,42-/m1/s1. The highest BCUT2D eigenvalue weighted by atomic mass is 16.1. The van der Waals surface area contributed by atoms with E-state index in [0.717, 1.165) is 61.0 Å². The molecular formula is C43H50N4O. The number of aryl methyl sites for hydroxylation is 1. The van der Waals surface area contributed by atoms with Crippen molar-refractivity contribution in [3.05, 3.63) is 125 Å². The van der Waals surface area contributed by atoms with Crippen LogP contribution in [0.5, 0.6) is 0 Å². The second-order valence-electron chi connectivity index (χ2n) is 16.0. The van der Waals surface area contributed by atoms with Crippen LogP contribution >= 0.6 is 0 Å². The van der Waals surface area contributed by atoms with Crippen molar-refractivity contribution >= 4 is 5.78 Å². The Balaban J connectivity index is 1.04. The third-order valence-electron chi connectivity index (χ3n) is 13.8. The number of carbonyl (C=O) groups excluding carboxylic acids is 1. The number of tetrazole rings is 1. The molecule has 7 atom stereocenters. The Labute approximate surface area is 286 Å². The molecule has 1 unspecified atom stereocenters. The summed E-state index contributed by atoms with van der Waals surface area (Å²) < 4.78 is 0. The highest BCUT2D eigenvalue weighted by Gasteiger charge is 2.58. The van der Waals surface area contributed by atoms with Crippen LogP contribution in [0, 0.1) is 40.4 Å². The van der Waals surface area contributed by atoms with Crippen LogP contribution in [0.2, 0.25) is 0 Å². The first-order valence-electron chi connectivity index (χ1n) is 18.5. The summed E-state index contributed by atoms with van der Waals surface area (Å²) in [5, 5.41) is 14.7. The second kappa shape index (κ2) is 12.2. The van der Waals surface area contributed by atoms with E-state index in [4.69, 9.17) is 15.4 Å². The second-order valence-corrected chi connectivity index (χ2v) is 16.0. The van der Waals surface area contributed by atoms with Crippen LogP contribution in [-0.2, 0) is 16.8 Å². The van der Waals surface area contributed by atoms with Gasteiger partial charge in [0.05, 0.1) is 0 Å². The number of allylic oxidation sites excluding steroid dienone is 2. The summed E-state index contributed by atoms with van der Waals surface area (Å²) in [5.41, 5.74) is 5.03. The number of benzene rings is 3. The Kier molecular flexibility index (Phi) is 8.00. The Bertz CT molecular complexity index is 1680. The van der Waals surface area contributed by atoms with Gasteiger partial charge in [0.2, 0.25) is 0 Å². The maximum absolute atomic E-state index is 12.3.